The van der Waals surface area contributed by atoms with Crippen LogP contribution in [0.2, 0.25) is 0 Å². The maximum absolute atomic E-state index is 13.7. The van der Waals surface area contributed by atoms with E-state index in [9.17, 15) is 19.2 Å². The molecule has 1 aromatic rings. The second kappa shape index (κ2) is 12.9. The highest BCUT2D eigenvalue weighted by Gasteiger charge is 2.51. The number of fused-ring (bicyclic) bond motifs is 1. The van der Waals surface area contributed by atoms with E-state index in [1.165, 1.54) is 18.6 Å². The van der Waals surface area contributed by atoms with Crippen molar-refractivity contribution in [2.45, 2.75) is 79.8 Å². The van der Waals surface area contributed by atoms with E-state index in [1.54, 1.807) is 11.8 Å². The maximum atomic E-state index is 13.7. The van der Waals surface area contributed by atoms with Crippen molar-refractivity contribution in [3.8, 4) is 0 Å². The molecular formula is C27H42N4O5. The molecule has 1 aromatic heterocycles. The van der Waals surface area contributed by atoms with Gasteiger partial charge in [0, 0.05) is 31.3 Å². The first kappa shape index (κ1) is 29.4. The highest BCUT2D eigenvalue weighted by atomic mass is 16.5. The van der Waals surface area contributed by atoms with Gasteiger partial charge in [-0.25, -0.2) is 9.78 Å². The number of nitrogens with one attached hydrogen (secondary N) is 1. The lowest BCUT2D eigenvalue weighted by Gasteiger charge is -2.32. The fourth-order valence-corrected chi connectivity index (χ4v) is 5.39. The van der Waals surface area contributed by atoms with Crippen LogP contribution in [0.25, 0.3) is 0 Å². The van der Waals surface area contributed by atoms with Crippen LogP contribution in [-0.2, 0) is 19.1 Å². The van der Waals surface area contributed by atoms with E-state index in [1.807, 2.05) is 27.7 Å². The number of likely N-dealkylation sites (tertiary alicyclic amines) is 1. The quantitative estimate of drug-likeness (QED) is 0.385. The molecule has 0 aromatic carbocycles. The molecule has 1 aliphatic heterocycles. The first-order chi connectivity index (χ1) is 16.6. The molecule has 3 rings (SSSR count). The molecule has 0 radical (unpaired) electrons. The first-order valence-electron chi connectivity index (χ1n) is 12.7. The lowest BCUT2D eigenvalue weighted by Crippen LogP contribution is -2.56. The number of amides is 2. The predicted octanol–water partition coefficient (Wildman–Crippen LogP) is 3.29. The van der Waals surface area contributed by atoms with Crippen LogP contribution in [0.15, 0.2) is 18.6 Å². The molecule has 2 fully saturated rings. The number of carbonyl (C=O) groups excluding carboxylic acids is 4. The van der Waals surface area contributed by atoms with Gasteiger partial charge in [0.15, 0.2) is 5.78 Å². The van der Waals surface area contributed by atoms with Crippen molar-refractivity contribution in [2.75, 3.05) is 13.2 Å². The predicted molar refractivity (Wildman–Crippen MR) is 136 cm³/mol. The van der Waals surface area contributed by atoms with Crippen LogP contribution in [0.5, 0.6) is 0 Å². The molecule has 36 heavy (non-hydrogen) atoms. The molecule has 5 atom stereocenters. The highest BCUT2D eigenvalue weighted by molar-refractivity contribution is 5.98. The second-order valence-corrected chi connectivity index (χ2v) is 10.3. The van der Waals surface area contributed by atoms with Gasteiger partial charge in [0.1, 0.15) is 17.8 Å². The molecule has 0 bridgehead atoms. The zero-order valence-electron chi connectivity index (χ0n) is 21.4. The van der Waals surface area contributed by atoms with Crippen molar-refractivity contribution in [3.05, 3.63) is 24.3 Å². The number of esters is 1. The van der Waals surface area contributed by atoms with E-state index in [0.717, 1.165) is 19.3 Å². The van der Waals surface area contributed by atoms with E-state index < -0.39 is 18.0 Å². The van der Waals surface area contributed by atoms with Gasteiger partial charge in [-0.3, -0.25) is 19.4 Å². The molecule has 1 aliphatic carbocycles. The van der Waals surface area contributed by atoms with Crippen LogP contribution in [0.1, 0.15) is 78.2 Å². The summed E-state index contributed by atoms with van der Waals surface area (Å²) in [5.74, 6) is -1.81. The summed E-state index contributed by atoms with van der Waals surface area (Å²) < 4.78 is 5.32. The van der Waals surface area contributed by atoms with Crippen LogP contribution in [0.4, 0.5) is 0 Å². The Bertz CT molecular complexity index is 920. The zero-order valence-corrected chi connectivity index (χ0v) is 21.4. The molecule has 200 valence electrons. The topological polar surface area (TPSA) is 119 Å². The van der Waals surface area contributed by atoms with E-state index in [4.69, 9.17) is 4.74 Å². The van der Waals surface area contributed by atoms with E-state index in [0.29, 0.717) is 6.54 Å². The van der Waals surface area contributed by atoms with E-state index in [2.05, 4.69) is 15.3 Å². The third-order valence-corrected chi connectivity index (χ3v) is 7.33. The minimum atomic E-state index is -0.800. The number of rotatable bonds is 10. The molecule has 9 nitrogen and oxygen atoms in total. The molecule has 1 unspecified atom stereocenters. The second-order valence-electron chi connectivity index (χ2n) is 10.3. The summed E-state index contributed by atoms with van der Waals surface area (Å²) in [6.07, 6.45) is 7.22. The fourth-order valence-electron chi connectivity index (χ4n) is 5.39. The molecule has 1 saturated heterocycles. The summed E-state index contributed by atoms with van der Waals surface area (Å²) in [7, 11) is 0. The van der Waals surface area contributed by atoms with Crippen molar-refractivity contribution in [1.82, 2.24) is 20.2 Å². The Morgan fingerprint density at radius 3 is 2.42 bits per heavy atom. The summed E-state index contributed by atoms with van der Waals surface area (Å²) in [6, 6.07) is -1.40. The zero-order chi connectivity index (χ0) is 25.7. The summed E-state index contributed by atoms with van der Waals surface area (Å²) in [5.41, 5.74) is 0.211. The van der Waals surface area contributed by atoms with Gasteiger partial charge in [-0.15, -0.1) is 0 Å². The lowest BCUT2D eigenvalue weighted by molar-refractivity contribution is -0.155. The number of aromatic nitrogens is 2. The summed E-state index contributed by atoms with van der Waals surface area (Å²) in [5, 5.41) is 2.92. The maximum Gasteiger partial charge on any atom is 0.329 e. The van der Waals surface area contributed by atoms with Crippen molar-refractivity contribution < 1.29 is 23.9 Å². The lowest BCUT2D eigenvalue weighted by atomic mass is 9.88. The number of Topliss-reactive ketones (excluding diaryl/α,β-unsaturated/α-hetero) is 1. The molecule has 2 aliphatic rings. The fraction of sp³-hybridized carbons (Fsp3) is 0.704. The number of carbonyl (C=O) groups is 4. The average Bonchev–Trinajstić information content (AvgIpc) is 3.42. The molecule has 1 N–H and O–H groups in total. The Morgan fingerprint density at radius 1 is 1.11 bits per heavy atom. The van der Waals surface area contributed by atoms with Gasteiger partial charge < -0.3 is 15.0 Å². The largest absolute Gasteiger partial charge is 0.464 e. The molecule has 9 heteroatoms. The Hall–Kier alpha value is -2.84. The van der Waals surface area contributed by atoms with Crippen molar-refractivity contribution in [3.63, 3.8) is 0 Å². The summed E-state index contributed by atoms with van der Waals surface area (Å²) in [4.78, 5) is 62.2. The van der Waals surface area contributed by atoms with Gasteiger partial charge >= 0.3 is 5.97 Å². The van der Waals surface area contributed by atoms with Crippen LogP contribution >= 0.6 is 0 Å². The van der Waals surface area contributed by atoms with Crippen LogP contribution < -0.4 is 5.32 Å². The Morgan fingerprint density at radius 2 is 1.83 bits per heavy atom. The van der Waals surface area contributed by atoms with Crippen LogP contribution in [0.3, 0.4) is 0 Å². The molecule has 0 spiro atoms. The Kier molecular flexibility index (Phi) is 10.5. The smallest absolute Gasteiger partial charge is 0.329 e. The minimum absolute atomic E-state index is 0. The SMILES string of the molecule is C.CCOC(=O)C1[C@H]2CCC[C@H]2CN1C(=O)[C@@H](NC(=O)[C@@H](CC(=O)c1cnccn1)C(C)C)C(C)C. The minimum Gasteiger partial charge on any atom is -0.464 e. The standard InChI is InChI=1S/C26H38N4O5.CH4/c1-6-35-26(34)23-18-9-7-8-17(18)14-30(23)25(33)22(16(4)5)29-24(32)19(15(2)3)12-21(31)20-13-27-10-11-28-20;/h10-11,13,15-19,22-23H,6-9,12,14H2,1-5H3,(H,29,32);1H4/t17-,18-,19-,22-,23?;/m0./s1. The van der Waals surface area contributed by atoms with Crippen LogP contribution in [0, 0.1) is 29.6 Å². The molecular weight excluding hydrogens is 460 g/mol. The monoisotopic (exact) mass is 502 g/mol. The highest BCUT2D eigenvalue weighted by Crippen LogP contribution is 2.43. The number of hydrogen-bond acceptors (Lipinski definition) is 7. The summed E-state index contributed by atoms with van der Waals surface area (Å²) in [6.45, 7) is 10.0. The molecule has 1 saturated carbocycles. The first-order valence-corrected chi connectivity index (χ1v) is 12.7. The number of hydrogen-bond donors (Lipinski definition) is 1. The normalized spacial score (nSPS) is 22.5. The van der Waals surface area contributed by atoms with Crippen LogP contribution in [-0.4, -0.2) is 63.7 Å². The number of nitrogens with zero attached hydrogens (tertiary/aromatic N) is 3. The van der Waals surface area contributed by atoms with Gasteiger partial charge in [-0.2, -0.15) is 0 Å². The Labute approximate surface area is 214 Å². The van der Waals surface area contributed by atoms with Gasteiger partial charge in [0.2, 0.25) is 11.8 Å². The van der Waals surface area contributed by atoms with E-state index >= 15 is 0 Å². The third kappa shape index (κ3) is 6.48. The van der Waals surface area contributed by atoms with Gasteiger partial charge in [0.05, 0.1) is 12.8 Å². The molecule has 2 amide bonds. The Balaban J connectivity index is 0.00000456. The number of ether oxygens (including phenoxy) is 1. The van der Waals surface area contributed by atoms with Crippen molar-refractivity contribution in [2.24, 2.45) is 29.6 Å². The van der Waals surface area contributed by atoms with Gasteiger partial charge in [-0.05, 0) is 43.4 Å². The summed E-state index contributed by atoms with van der Waals surface area (Å²) >= 11 is 0. The average molecular weight is 503 g/mol. The number of ketones is 1. The van der Waals surface area contributed by atoms with Crippen molar-refractivity contribution >= 4 is 23.6 Å². The van der Waals surface area contributed by atoms with Gasteiger partial charge in [0.25, 0.3) is 0 Å². The van der Waals surface area contributed by atoms with E-state index in [-0.39, 0.29) is 73.4 Å². The third-order valence-electron chi connectivity index (χ3n) is 7.33. The molecule has 2 heterocycles. The van der Waals surface area contributed by atoms with Gasteiger partial charge in [-0.1, -0.05) is 41.5 Å². The van der Waals surface area contributed by atoms with Crippen molar-refractivity contribution in [1.29, 1.82) is 0 Å².